The van der Waals surface area contributed by atoms with Crippen molar-refractivity contribution in [3.63, 3.8) is 0 Å². The van der Waals surface area contributed by atoms with Crippen molar-refractivity contribution in [2.24, 2.45) is 0 Å². The largest absolute Gasteiger partial charge is 0.508 e. The topological polar surface area (TPSA) is 50.9 Å². The Labute approximate surface area is 156 Å². The van der Waals surface area contributed by atoms with E-state index in [1.54, 1.807) is 24.5 Å². The van der Waals surface area contributed by atoms with Crippen molar-refractivity contribution >= 4 is 21.8 Å². The molecule has 0 unspecified atom stereocenters. The molecule has 0 spiro atoms. The van der Waals surface area contributed by atoms with Crippen LogP contribution in [-0.2, 0) is 0 Å². The molecule has 0 radical (unpaired) electrons. The number of phenolic OH excluding ortho intramolecular Hbond substituents is 1. The molecule has 4 nitrogen and oxygen atoms in total. The molecule has 0 saturated heterocycles. The Morgan fingerprint density at radius 3 is 2.44 bits per heavy atom. The van der Waals surface area contributed by atoms with E-state index in [1.807, 2.05) is 36.5 Å². The van der Waals surface area contributed by atoms with Crippen LogP contribution in [0.4, 0.5) is 0 Å². The predicted octanol–water partition coefficient (Wildman–Crippen LogP) is 5.25. The van der Waals surface area contributed by atoms with Gasteiger partial charge in [-0.3, -0.25) is 9.55 Å². The number of pyridine rings is 2. The highest BCUT2D eigenvalue weighted by Gasteiger charge is 2.14. The molecule has 1 N–H and O–H groups in total. The Balaban J connectivity index is 1.78. The number of hydrogen-bond donors (Lipinski definition) is 1. The zero-order chi connectivity index (χ0) is 18.4. The first-order valence-corrected chi connectivity index (χ1v) is 8.82. The molecule has 5 rings (SSSR count). The van der Waals surface area contributed by atoms with E-state index < -0.39 is 0 Å². The molecule has 4 heteroatoms. The number of aromatic nitrogens is 3. The van der Waals surface area contributed by atoms with Gasteiger partial charge >= 0.3 is 0 Å². The second kappa shape index (κ2) is 5.95. The second-order valence-corrected chi connectivity index (χ2v) is 6.65. The van der Waals surface area contributed by atoms with Crippen LogP contribution in [0.25, 0.3) is 38.8 Å². The predicted molar refractivity (Wildman–Crippen MR) is 108 cm³/mol. The van der Waals surface area contributed by atoms with E-state index in [-0.39, 0.29) is 5.75 Å². The molecule has 0 aliphatic rings. The van der Waals surface area contributed by atoms with Crippen molar-refractivity contribution in [3.05, 3.63) is 84.8 Å². The lowest BCUT2D eigenvalue weighted by Gasteiger charge is -2.11. The normalized spacial score (nSPS) is 11.3. The molecule has 0 aliphatic carbocycles. The highest BCUT2D eigenvalue weighted by molar-refractivity contribution is 6.09. The van der Waals surface area contributed by atoms with Crippen LogP contribution >= 0.6 is 0 Å². The summed E-state index contributed by atoms with van der Waals surface area (Å²) in [5.74, 6) is 1.08. The van der Waals surface area contributed by atoms with Gasteiger partial charge in [0.2, 0.25) is 0 Å². The Morgan fingerprint density at radius 1 is 0.852 bits per heavy atom. The number of aromatic hydroxyl groups is 1. The van der Waals surface area contributed by atoms with Crippen LogP contribution < -0.4 is 0 Å². The maximum Gasteiger partial charge on any atom is 0.137 e. The van der Waals surface area contributed by atoms with Crippen molar-refractivity contribution in [2.45, 2.75) is 6.92 Å². The molecule has 0 bridgehead atoms. The van der Waals surface area contributed by atoms with Crippen LogP contribution in [0.3, 0.4) is 0 Å². The SMILES string of the molecule is Cc1cc(-n2c3ccccc3c3ccc(O)cc32)ncc1-c1ccncc1. The van der Waals surface area contributed by atoms with E-state index in [0.29, 0.717) is 0 Å². The van der Waals surface area contributed by atoms with Crippen LogP contribution in [0.1, 0.15) is 5.56 Å². The van der Waals surface area contributed by atoms with E-state index in [1.165, 1.54) is 0 Å². The molecular formula is C23H17N3O. The number of benzene rings is 2. The molecule has 130 valence electrons. The van der Waals surface area contributed by atoms with E-state index in [4.69, 9.17) is 4.98 Å². The molecule has 3 aromatic heterocycles. The molecule has 27 heavy (non-hydrogen) atoms. The summed E-state index contributed by atoms with van der Waals surface area (Å²) in [7, 11) is 0. The minimum absolute atomic E-state index is 0.247. The average molecular weight is 351 g/mol. The highest BCUT2D eigenvalue weighted by Crippen LogP contribution is 2.34. The number of nitrogens with zero attached hydrogens (tertiary/aromatic N) is 3. The molecular weight excluding hydrogens is 334 g/mol. The smallest absolute Gasteiger partial charge is 0.137 e. The lowest BCUT2D eigenvalue weighted by Crippen LogP contribution is -1.99. The van der Waals surface area contributed by atoms with Gasteiger partial charge in [-0.25, -0.2) is 4.98 Å². The first-order valence-electron chi connectivity index (χ1n) is 8.82. The maximum atomic E-state index is 10.0. The molecule has 2 aromatic carbocycles. The average Bonchev–Trinajstić information content (AvgIpc) is 3.02. The van der Waals surface area contributed by atoms with Crippen molar-refractivity contribution < 1.29 is 5.11 Å². The molecule has 0 fully saturated rings. The summed E-state index contributed by atoms with van der Waals surface area (Å²) >= 11 is 0. The number of para-hydroxylation sites is 1. The summed E-state index contributed by atoms with van der Waals surface area (Å²) in [6.45, 7) is 2.09. The fourth-order valence-corrected chi connectivity index (χ4v) is 3.70. The van der Waals surface area contributed by atoms with Crippen molar-refractivity contribution in [1.82, 2.24) is 14.5 Å². The monoisotopic (exact) mass is 351 g/mol. The number of phenols is 1. The third-order valence-corrected chi connectivity index (χ3v) is 4.97. The van der Waals surface area contributed by atoms with Gasteiger partial charge in [-0.15, -0.1) is 0 Å². The summed E-state index contributed by atoms with van der Waals surface area (Å²) in [5, 5.41) is 12.3. The van der Waals surface area contributed by atoms with Crippen molar-refractivity contribution in [1.29, 1.82) is 0 Å². The Kier molecular flexibility index (Phi) is 3.44. The van der Waals surface area contributed by atoms with Gasteiger partial charge in [0.25, 0.3) is 0 Å². The van der Waals surface area contributed by atoms with Gasteiger partial charge in [-0.05, 0) is 54.4 Å². The molecule has 0 aliphatic heterocycles. The Bertz CT molecular complexity index is 1290. The lowest BCUT2D eigenvalue weighted by molar-refractivity contribution is 0.476. The lowest BCUT2D eigenvalue weighted by atomic mass is 10.0. The van der Waals surface area contributed by atoms with Crippen LogP contribution in [-0.4, -0.2) is 19.6 Å². The zero-order valence-corrected chi connectivity index (χ0v) is 14.8. The second-order valence-electron chi connectivity index (χ2n) is 6.65. The van der Waals surface area contributed by atoms with Crippen molar-refractivity contribution in [2.75, 3.05) is 0 Å². The van der Waals surface area contributed by atoms with E-state index in [2.05, 4.69) is 34.7 Å². The zero-order valence-electron chi connectivity index (χ0n) is 14.8. The van der Waals surface area contributed by atoms with Gasteiger partial charge in [-0.1, -0.05) is 18.2 Å². The van der Waals surface area contributed by atoms with E-state index in [0.717, 1.165) is 44.3 Å². The Morgan fingerprint density at radius 2 is 1.63 bits per heavy atom. The van der Waals surface area contributed by atoms with Crippen molar-refractivity contribution in [3.8, 4) is 22.7 Å². The number of aryl methyl sites for hydroxylation is 1. The fraction of sp³-hybridized carbons (Fsp3) is 0.0435. The summed E-state index contributed by atoms with van der Waals surface area (Å²) in [6, 6.07) is 19.8. The molecule has 3 heterocycles. The van der Waals surface area contributed by atoms with Crippen LogP contribution in [0.2, 0.25) is 0 Å². The summed E-state index contributed by atoms with van der Waals surface area (Å²) in [5.41, 5.74) is 5.34. The van der Waals surface area contributed by atoms with Crippen LogP contribution in [0.5, 0.6) is 5.75 Å². The third-order valence-electron chi connectivity index (χ3n) is 4.97. The Hall–Kier alpha value is -3.66. The first-order chi connectivity index (χ1) is 13.2. The quantitative estimate of drug-likeness (QED) is 0.472. The molecule has 0 amide bonds. The van der Waals surface area contributed by atoms with Gasteiger partial charge in [-0.2, -0.15) is 0 Å². The maximum absolute atomic E-state index is 10.0. The summed E-state index contributed by atoms with van der Waals surface area (Å²) in [6.07, 6.45) is 5.49. The van der Waals surface area contributed by atoms with E-state index in [9.17, 15) is 5.11 Å². The number of hydrogen-bond acceptors (Lipinski definition) is 3. The third kappa shape index (κ3) is 2.46. The summed E-state index contributed by atoms with van der Waals surface area (Å²) in [4.78, 5) is 8.84. The fourth-order valence-electron chi connectivity index (χ4n) is 3.70. The minimum Gasteiger partial charge on any atom is -0.508 e. The molecule has 5 aromatic rings. The van der Waals surface area contributed by atoms with Crippen LogP contribution in [0, 0.1) is 6.92 Å². The minimum atomic E-state index is 0.247. The van der Waals surface area contributed by atoms with Gasteiger partial charge < -0.3 is 5.11 Å². The standard InChI is InChI=1S/C23H17N3O/c1-15-12-23(25-14-20(15)16-8-10-24-11-9-16)26-21-5-3-2-4-18(21)19-7-6-17(27)13-22(19)26/h2-14,27H,1H3. The van der Waals surface area contributed by atoms with Gasteiger partial charge in [0.15, 0.2) is 0 Å². The van der Waals surface area contributed by atoms with Gasteiger partial charge in [0.1, 0.15) is 11.6 Å². The van der Waals surface area contributed by atoms with Gasteiger partial charge in [0.05, 0.1) is 11.0 Å². The van der Waals surface area contributed by atoms with Gasteiger partial charge in [0, 0.05) is 41.0 Å². The molecule has 0 atom stereocenters. The highest BCUT2D eigenvalue weighted by atomic mass is 16.3. The number of rotatable bonds is 2. The first kappa shape index (κ1) is 15.6. The van der Waals surface area contributed by atoms with Crippen LogP contribution in [0.15, 0.2) is 79.3 Å². The summed E-state index contributed by atoms with van der Waals surface area (Å²) < 4.78 is 2.10. The number of fused-ring (bicyclic) bond motifs is 3. The van der Waals surface area contributed by atoms with E-state index >= 15 is 0 Å². The molecule has 0 saturated carbocycles.